The third-order valence-corrected chi connectivity index (χ3v) is 2.57. The molecule has 1 N–H and O–H groups in total. The fourth-order valence-corrected chi connectivity index (χ4v) is 1.41. The molecule has 16 heavy (non-hydrogen) atoms. The summed E-state index contributed by atoms with van der Waals surface area (Å²) in [6, 6.07) is 4.28. The Morgan fingerprint density at radius 3 is 2.69 bits per heavy atom. The third-order valence-electron chi connectivity index (χ3n) is 2.07. The molecule has 0 spiro atoms. The van der Waals surface area contributed by atoms with Gasteiger partial charge in [0.1, 0.15) is 6.61 Å². The van der Waals surface area contributed by atoms with Gasteiger partial charge in [0.2, 0.25) is 5.78 Å². The molecule has 0 fully saturated rings. The maximum absolute atomic E-state index is 13.4. The number of aliphatic hydroxyl groups excluding tert-OH is 1. The van der Waals surface area contributed by atoms with E-state index in [9.17, 15) is 9.18 Å². The van der Waals surface area contributed by atoms with Gasteiger partial charge in [0, 0.05) is 4.47 Å². The van der Waals surface area contributed by atoms with Gasteiger partial charge < -0.3 is 9.84 Å². The fourth-order valence-electron chi connectivity index (χ4n) is 1.08. The minimum atomic E-state index is -1.25. The van der Waals surface area contributed by atoms with E-state index in [2.05, 4.69) is 15.9 Å². The van der Waals surface area contributed by atoms with Gasteiger partial charge in [-0.25, -0.2) is 4.39 Å². The van der Waals surface area contributed by atoms with Crippen molar-refractivity contribution in [1.29, 1.82) is 0 Å². The lowest BCUT2D eigenvalue weighted by Crippen LogP contribution is -2.40. The molecule has 1 aromatic rings. The predicted molar refractivity (Wildman–Crippen MR) is 60.9 cm³/mol. The molecule has 0 unspecified atom stereocenters. The first-order valence-electron chi connectivity index (χ1n) is 4.65. The summed E-state index contributed by atoms with van der Waals surface area (Å²) in [5.74, 6) is -1.09. The topological polar surface area (TPSA) is 46.5 Å². The number of rotatable bonds is 4. The molecule has 0 bridgehead atoms. The number of aliphatic hydroxyl groups is 1. The van der Waals surface area contributed by atoms with E-state index in [1.54, 1.807) is 6.07 Å². The Hall–Kier alpha value is -0.940. The maximum atomic E-state index is 13.4. The van der Waals surface area contributed by atoms with Crippen LogP contribution in [-0.4, -0.2) is 23.1 Å². The lowest BCUT2D eigenvalue weighted by Gasteiger charge is -2.24. The Bertz CT molecular complexity index is 404. The van der Waals surface area contributed by atoms with Crippen molar-refractivity contribution >= 4 is 21.7 Å². The van der Waals surface area contributed by atoms with Crippen molar-refractivity contribution in [3.63, 3.8) is 0 Å². The molecule has 0 radical (unpaired) electrons. The second-order valence-corrected chi connectivity index (χ2v) is 4.68. The average molecular weight is 291 g/mol. The zero-order chi connectivity index (χ0) is 12.3. The van der Waals surface area contributed by atoms with Gasteiger partial charge in [0.15, 0.2) is 17.2 Å². The SMILES string of the molecule is CC(C)(Oc1ccc(Br)cc1F)C(=O)CO. The molecule has 88 valence electrons. The normalized spacial score (nSPS) is 11.3. The number of hydrogen-bond acceptors (Lipinski definition) is 3. The van der Waals surface area contributed by atoms with Gasteiger partial charge in [-0.15, -0.1) is 0 Å². The van der Waals surface area contributed by atoms with E-state index in [0.717, 1.165) is 0 Å². The summed E-state index contributed by atoms with van der Waals surface area (Å²) in [5, 5.41) is 8.73. The van der Waals surface area contributed by atoms with E-state index in [-0.39, 0.29) is 5.75 Å². The monoisotopic (exact) mass is 290 g/mol. The maximum Gasteiger partial charge on any atom is 0.200 e. The summed E-state index contributed by atoms with van der Waals surface area (Å²) < 4.78 is 19.2. The fraction of sp³-hybridized carbons (Fsp3) is 0.364. The Balaban J connectivity index is 2.92. The third kappa shape index (κ3) is 3.02. The van der Waals surface area contributed by atoms with Crippen molar-refractivity contribution in [2.75, 3.05) is 6.61 Å². The molecule has 0 heterocycles. The van der Waals surface area contributed by atoms with Crippen LogP contribution in [0.15, 0.2) is 22.7 Å². The molecule has 0 saturated heterocycles. The van der Waals surface area contributed by atoms with E-state index in [4.69, 9.17) is 9.84 Å². The van der Waals surface area contributed by atoms with Crippen LogP contribution in [-0.2, 0) is 4.79 Å². The smallest absolute Gasteiger partial charge is 0.200 e. The van der Waals surface area contributed by atoms with Crippen molar-refractivity contribution in [1.82, 2.24) is 0 Å². The molecule has 3 nitrogen and oxygen atoms in total. The van der Waals surface area contributed by atoms with Crippen LogP contribution < -0.4 is 4.74 Å². The molecule has 0 aliphatic rings. The second-order valence-electron chi connectivity index (χ2n) is 3.77. The zero-order valence-corrected chi connectivity index (χ0v) is 10.5. The summed E-state index contributed by atoms with van der Waals surface area (Å²) in [7, 11) is 0. The van der Waals surface area contributed by atoms with Crippen LogP contribution in [0.25, 0.3) is 0 Å². The molecule has 0 aromatic heterocycles. The van der Waals surface area contributed by atoms with E-state index in [1.165, 1.54) is 26.0 Å². The highest BCUT2D eigenvalue weighted by molar-refractivity contribution is 9.10. The number of carbonyl (C=O) groups excluding carboxylic acids is 1. The summed E-state index contributed by atoms with van der Waals surface area (Å²) in [4.78, 5) is 11.3. The van der Waals surface area contributed by atoms with Crippen molar-refractivity contribution in [2.45, 2.75) is 19.4 Å². The molecule has 0 aliphatic heterocycles. The number of halogens is 2. The predicted octanol–water partition coefficient (Wildman–Crippen LogP) is 2.31. The van der Waals surface area contributed by atoms with Crippen LogP contribution in [0, 0.1) is 5.82 Å². The van der Waals surface area contributed by atoms with Crippen molar-refractivity contribution in [2.24, 2.45) is 0 Å². The minimum absolute atomic E-state index is 0.0185. The van der Waals surface area contributed by atoms with Crippen LogP contribution in [0.5, 0.6) is 5.75 Å². The minimum Gasteiger partial charge on any atom is -0.477 e. The van der Waals surface area contributed by atoms with Crippen LogP contribution in [0.3, 0.4) is 0 Å². The van der Waals surface area contributed by atoms with Crippen molar-refractivity contribution < 1.29 is 19.0 Å². The molecule has 0 amide bonds. The highest BCUT2D eigenvalue weighted by atomic mass is 79.9. The Labute approximate surface area is 101 Å². The number of ether oxygens (including phenoxy) is 1. The number of carbonyl (C=O) groups is 1. The van der Waals surface area contributed by atoms with E-state index in [0.29, 0.717) is 4.47 Å². The molecule has 0 aliphatic carbocycles. The van der Waals surface area contributed by atoms with Gasteiger partial charge in [0.05, 0.1) is 0 Å². The quantitative estimate of drug-likeness (QED) is 0.926. The summed E-state index contributed by atoms with van der Waals surface area (Å²) in [6.45, 7) is 2.32. The lowest BCUT2D eigenvalue weighted by molar-refractivity contribution is -0.134. The summed E-state index contributed by atoms with van der Waals surface area (Å²) >= 11 is 3.12. The standard InChI is InChI=1S/C11H12BrFO3/c1-11(2,10(15)6-14)16-9-4-3-7(12)5-8(9)13/h3-5,14H,6H2,1-2H3. The number of benzene rings is 1. The molecule has 0 atom stereocenters. The van der Waals surface area contributed by atoms with Crippen molar-refractivity contribution in [3.05, 3.63) is 28.5 Å². The Morgan fingerprint density at radius 1 is 1.56 bits per heavy atom. The molecular formula is C11H12BrFO3. The molecule has 0 saturated carbocycles. The van der Waals surface area contributed by atoms with Crippen LogP contribution in [0.4, 0.5) is 4.39 Å². The van der Waals surface area contributed by atoms with Gasteiger partial charge in [-0.05, 0) is 32.0 Å². The highest BCUT2D eigenvalue weighted by Gasteiger charge is 2.29. The Kier molecular flexibility index (Phi) is 4.04. The van der Waals surface area contributed by atoms with Gasteiger partial charge in [-0.3, -0.25) is 4.79 Å². The van der Waals surface area contributed by atoms with Gasteiger partial charge >= 0.3 is 0 Å². The van der Waals surface area contributed by atoms with Gasteiger partial charge in [-0.1, -0.05) is 15.9 Å². The van der Waals surface area contributed by atoms with Crippen LogP contribution in [0.2, 0.25) is 0 Å². The molecular weight excluding hydrogens is 279 g/mol. The van der Waals surface area contributed by atoms with Crippen molar-refractivity contribution in [3.8, 4) is 5.75 Å². The number of ketones is 1. The van der Waals surface area contributed by atoms with Crippen LogP contribution >= 0.6 is 15.9 Å². The second kappa shape index (κ2) is 4.93. The van der Waals surface area contributed by atoms with E-state index >= 15 is 0 Å². The highest BCUT2D eigenvalue weighted by Crippen LogP contribution is 2.25. The van der Waals surface area contributed by atoms with Gasteiger partial charge in [-0.2, -0.15) is 0 Å². The summed E-state index contributed by atoms with van der Waals surface area (Å²) in [6.07, 6.45) is 0. The Morgan fingerprint density at radius 2 is 2.19 bits per heavy atom. The first-order chi connectivity index (χ1) is 7.36. The average Bonchev–Trinajstić information content (AvgIpc) is 2.21. The lowest BCUT2D eigenvalue weighted by atomic mass is 10.0. The number of hydrogen-bond donors (Lipinski definition) is 1. The summed E-state index contributed by atoms with van der Waals surface area (Å²) in [5.41, 5.74) is -1.25. The molecule has 1 aromatic carbocycles. The van der Waals surface area contributed by atoms with Crippen LogP contribution in [0.1, 0.15) is 13.8 Å². The molecule has 1 rings (SSSR count). The van der Waals surface area contributed by atoms with Gasteiger partial charge in [0.25, 0.3) is 0 Å². The van der Waals surface area contributed by atoms with E-state index < -0.39 is 23.8 Å². The number of Topliss-reactive ketones (excluding diaryl/α,β-unsaturated/α-hetero) is 1. The largest absolute Gasteiger partial charge is 0.477 e. The first-order valence-corrected chi connectivity index (χ1v) is 5.44. The van der Waals surface area contributed by atoms with E-state index in [1.807, 2.05) is 0 Å². The first kappa shape index (κ1) is 13.1. The molecule has 5 heteroatoms. The zero-order valence-electron chi connectivity index (χ0n) is 8.96.